The summed E-state index contributed by atoms with van der Waals surface area (Å²) in [6, 6.07) is 1.95. The minimum Gasteiger partial charge on any atom is -0.316 e. The van der Waals surface area contributed by atoms with Crippen LogP contribution in [0.5, 0.6) is 0 Å². The van der Waals surface area contributed by atoms with Gasteiger partial charge in [-0.1, -0.05) is 18.5 Å². The van der Waals surface area contributed by atoms with E-state index in [1.807, 2.05) is 10.7 Å². The van der Waals surface area contributed by atoms with E-state index in [0.29, 0.717) is 11.6 Å². The zero-order chi connectivity index (χ0) is 15.2. The van der Waals surface area contributed by atoms with Crippen LogP contribution in [0.25, 0.3) is 0 Å². The van der Waals surface area contributed by atoms with Gasteiger partial charge in [-0.05, 0) is 57.0 Å². The molecule has 0 aliphatic heterocycles. The predicted molar refractivity (Wildman–Crippen MR) is 86.9 cm³/mol. The minimum absolute atomic E-state index is 0.691. The second kappa shape index (κ2) is 7.57. The van der Waals surface area contributed by atoms with Gasteiger partial charge in [0.05, 0.1) is 17.3 Å². The molecule has 0 aromatic carbocycles. The van der Waals surface area contributed by atoms with Gasteiger partial charge in [-0.3, -0.25) is 9.67 Å². The van der Waals surface area contributed by atoms with E-state index >= 15 is 0 Å². The summed E-state index contributed by atoms with van der Waals surface area (Å²) in [4.78, 5) is 4.02. The highest BCUT2D eigenvalue weighted by Crippen LogP contribution is 2.18. The zero-order valence-electron chi connectivity index (χ0n) is 13.0. The van der Waals surface area contributed by atoms with Crippen molar-refractivity contribution in [2.75, 3.05) is 13.1 Å². The summed E-state index contributed by atoms with van der Waals surface area (Å²) in [6.45, 7) is 9.14. The van der Waals surface area contributed by atoms with E-state index in [4.69, 9.17) is 11.6 Å². The Bertz CT molecular complexity index is 592. The molecule has 114 valence electrons. The fraction of sp³-hybridized carbons (Fsp3) is 0.500. The molecular formula is C16H23ClN4. The first-order valence-electron chi connectivity index (χ1n) is 7.45. The lowest BCUT2D eigenvalue weighted by molar-refractivity contribution is 0.652. The van der Waals surface area contributed by atoms with Gasteiger partial charge in [0.2, 0.25) is 0 Å². The van der Waals surface area contributed by atoms with E-state index in [1.165, 1.54) is 11.3 Å². The number of pyridine rings is 1. The Morgan fingerprint density at radius 2 is 2.10 bits per heavy atom. The number of halogens is 1. The maximum Gasteiger partial charge on any atom is 0.0678 e. The van der Waals surface area contributed by atoms with Crippen LogP contribution in [0.15, 0.2) is 18.5 Å². The number of rotatable bonds is 7. The van der Waals surface area contributed by atoms with Crippen LogP contribution in [-0.4, -0.2) is 27.9 Å². The average Bonchev–Trinajstić information content (AvgIpc) is 2.73. The van der Waals surface area contributed by atoms with Gasteiger partial charge >= 0.3 is 0 Å². The van der Waals surface area contributed by atoms with Crippen LogP contribution in [0.4, 0.5) is 0 Å². The highest BCUT2D eigenvalue weighted by atomic mass is 35.5. The second-order valence-electron chi connectivity index (χ2n) is 5.27. The van der Waals surface area contributed by atoms with Crippen molar-refractivity contribution in [2.45, 2.75) is 40.2 Å². The molecule has 0 fully saturated rings. The molecule has 21 heavy (non-hydrogen) atoms. The van der Waals surface area contributed by atoms with Gasteiger partial charge in [-0.25, -0.2) is 0 Å². The summed E-state index contributed by atoms with van der Waals surface area (Å²) in [7, 11) is 0. The maximum atomic E-state index is 6.18. The fourth-order valence-electron chi connectivity index (χ4n) is 2.46. The van der Waals surface area contributed by atoms with E-state index in [9.17, 15) is 0 Å². The molecule has 0 bridgehead atoms. The summed E-state index contributed by atoms with van der Waals surface area (Å²) in [5, 5.41) is 8.79. The third-order valence-electron chi connectivity index (χ3n) is 3.69. The van der Waals surface area contributed by atoms with Crippen LogP contribution in [-0.2, 0) is 13.0 Å². The number of hydrogen-bond acceptors (Lipinski definition) is 3. The molecule has 0 amide bonds. The first-order valence-corrected chi connectivity index (χ1v) is 7.83. The van der Waals surface area contributed by atoms with Gasteiger partial charge in [0.25, 0.3) is 0 Å². The van der Waals surface area contributed by atoms with Gasteiger partial charge in [0.1, 0.15) is 0 Å². The van der Waals surface area contributed by atoms with Crippen molar-refractivity contribution < 1.29 is 0 Å². The second-order valence-corrected chi connectivity index (χ2v) is 5.68. The summed E-state index contributed by atoms with van der Waals surface area (Å²) < 4.78 is 2.03. The zero-order valence-corrected chi connectivity index (χ0v) is 13.7. The molecule has 0 unspecified atom stereocenters. The molecule has 2 aromatic rings. The van der Waals surface area contributed by atoms with Gasteiger partial charge in [0, 0.05) is 18.1 Å². The molecule has 2 aromatic heterocycles. The molecule has 2 rings (SSSR count). The lowest BCUT2D eigenvalue weighted by atomic mass is 10.1. The molecule has 0 spiro atoms. The average molecular weight is 307 g/mol. The largest absolute Gasteiger partial charge is 0.316 e. The fourth-order valence-corrected chi connectivity index (χ4v) is 2.64. The van der Waals surface area contributed by atoms with Gasteiger partial charge in [0.15, 0.2) is 0 Å². The standard InChI is InChI=1S/C16H23ClN4/c1-4-7-18-9-6-15-12(2)20-21(13(15)3)11-14-5-8-19-10-16(14)17/h5,8,10,18H,4,6-7,9,11H2,1-3H3. The van der Waals surface area contributed by atoms with Crippen LogP contribution >= 0.6 is 11.6 Å². The normalized spacial score (nSPS) is 11.0. The molecule has 0 atom stereocenters. The van der Waals surface area contributed by atoms with Crippen molar-refractivity contribution in [3.05, 3.63) is 46.0 Å². The molecule has 0 radical (unpaired) electrons. The summed E-state index contributed by atoms with van der Waals surface area (Å²) in [6.07, 6.45) is 5.63. The Labute approximate surface area is 131 Å². The van der Waals surface area contributed by atoms with Crippen molar-refractivity contribution in [3.63, 3.8) is 0 Å². The van der Waals surface area contributed by atoms with Crippen molar-refractivity contribution in [3.8, 4) is 0 Å². The molecule has 0 saturated heterocycles. The van der Waals surface area contributed by atoms with Crippen LogP contribution in [0, 0.1) is 13.8 Å². The summed E-state index contributed by atoms with van der Waals surface area (Å²) in [5.41, 5.74) is 4.71. The van der Waals surface area contributed by atoms with Gasteiger partial charge < -0.3 is 5.32 Å². The smallest absolute Gasteiger partial charge is 0.0678 e. The summed E-state index contributed by atoms with van der Waals surface area (Å²) >= 11 is 6.18. The van der Waals surface area contributed by atoms with Crippen molar-refractivity contribution in [2.24, 2.45) is 0 Å². The molecule has 0 aliphatic rings. The third-order valence-corrected chi connectivity index (χ3v) is 4.03. The number of nitrogens with one attached hydrogen (secondary N) is 1. The van der Waals surface area contributed by atoms with Gasteiger partial charge in [-0.2, -0.15) is 5.10 Å². The van der Waals surface area contributed by atoms with Crippen LogP contribution in [0.2, 0.25) is 5.02 Å². The van der Waals surface area contributed by atoms with Crippen LogP contribution in [0.3, 0.4) is 0 Å². The Hall–Kier alpha value is -1.39. The minimum atomic E-state index is 0.691. The Kier molecular flexibility index (Phi) is 5.76. The van der Waals surface area contributed by atoms with Crippen LogP contribution < -0.4 is 5.32 Å². The van der Waals surface area contributed by atoms with E-state index in [2.05, 4.69) is 36.2 Å². The highest BCUT2D eigenvalue weighted by Gasteiger charge is 2.12. The van der Waals surface area contributed by atoms with E-state index in [-0.39, 0.29) is 0 Å². The van der Waals surface area contributed by atoms with Crippen molar-refractivity contribution in [1.82, 2.24) is 20.1 Å². The van der Waals surface area contributed by atoms with E-state index in [1.54, 1.807) is 12.4 Å². The number of hydrogen-bond donors (Lipinski definition) is 1. The highest BCUT2D eigenvalue weighted by molar-refractivity contribution is 6.31. The van der Waals surface area contributed by atoms with Crippen molar-refractivity contribution in [1.29, 1.82) is 0 Å². The summed E-state index contributed by atoms with van der Waals surface area (Å²) in [5.74, 6) is 0. The van der Waals surface area contributed by atoms with Gasteiger partial charge in [-0.15, -0.1) is 0 Å². The first kappa shape index (κ1) is 16.0. The lowest BCUT2D eigenvalue weighted by Gasteiger charge is -2.07. The molecule has 0 saturated carbocycles. The Morgan fingerprint density at radius 3 is 2.81 bits per heavy atom. The molecule has 1 N–H and O–H groups in total. The van der Waals surface area contributed by atoms with Crippen LogP contribution in [0.1, 0.15) is 35.9 Å². The quantitative estimate of drug-likeness (QED) is 0.799. The number of aryl methyl sites for hydroxylation is 1. The lowest BCUT2D eigenvalue weighted by Crippen LogP contribution is -2.18. The maximum absolute atomic E-state index is 6.18. The van der Waals surface area contributed by atoms with E-state index in [0.717, 1.165) is 37.2 Å². The molecule has 4 nitrogen and oxygen atoms in total. The first-order chi connectivity index (χ1) is 10.1. The number of aromatic nitrogens is 3. The third kappa shape index (κ3) is 4.05. The molecule has 2 heterocycles. The Morgan fingerprint density at radius 1 is 1.29 bits per heavy atom. The molecular weight excluding hydrogens is 284 g/mol. The monoisotopic (exact) mass is 306 g/mol. The Balaban J connectivity index is 2.10. The SMILES string of the molecule is CCCNCCc1c(C)nn(Cc2ccncc2Cl)c1C. The molecule has 0 aliphatic carbocycles. The topological polar surface area (TPSA) is 42.7 Å². The predicted octanol–water partition coefficient (Wildman–Crippen LogP) is 3.14. The van der Waals surface area contributed by atoms with E-state index < -0.39 is 0 Å². The van der Waals surface area contributed by atoms with Crippen molar-refractivity contribution >= 4 is 11.6 Å². The number of nitrogens with zero attached hydrogens (tertiary/aromatic N) is 3. The molecule has 5 heteroatoms.